The number of hydrogen-bond acceptors (Lipinski definition) is 3. The summed E-state index contributed by atoms with van der Waals surface area (Å²) in [6, 6.07) is 10.9. The monoisotopic (exact) mass is 294 g/mol. The zero-order chi connectivity index (χ0) is 15.4. The number of aromatic amines is 1. The van der Waals surface area contributed by atoms with Gasteiger partial charge in [0.1, 0.15) is 0 Å². The Hall–Kier alpha value is -3.15. The van der Waals surface area contributed by atoms with E-state index in [2.05, 4.69) is 20.6 Å². The molecule has 0 saturated carbocycles. The van der Waals surface area contributed by atoms with Crippen molar-refractivity contribution in [3.05, 3.63) is 60.6 Å². The molecule has 6 nitrogen and oxygen atoms in total. The average molecular weight is 294 g/mol. The predicted octanol–water partition coefficient (Wildman–Crippen LogP) is 1.82. The van der Waals surface area contributed by atoms with E-state index in [1.807, 2.05) is 24.4 Å². The highest BCUT2D eigenvalue weighted by Gasteiger charge is 2.13. The Balaban J connectivity index is 1.59. The van der Waals surface area contributed by atoms with Crippen LogP contribution in [0.15, 0.2) is 55.0 Å². The van der Waals surface area contributed by atoms with Crippen molar-refractivity contribution in [2.75, 3.05) is 5.32 Å². The van der Waals surface area contributed by atoms with E-state index in [4.69, 9.17) is 0 Å². The van der Waals surface area contributed by atoms with Crippen LogP contribution in [0.5, 0.6) is 0 Å². The van der Waals surface area contributed by atoms with Gasteiger partial charge in [-0.2, -0.15) is 0 Å². The molecule has 6 heteroatoms. The maximum atomic E-state index is 11.9. The Kier molecular flexibility index (Phi) is 3.82. The minimum Gasteiger partial charge on any atom is -0.361 e. The third-order valence-corrected chi connectivity index (χ3v) is 3.19. The van der Waals surface area contributed by atoms with Gasteiger partial charge in [0.15, 0.2) is 0 Å². The fourth-order valence-corrected chi connectivity index (χ4v) is 2.08. The lowest BCUT2D eigenvalue weighted by Gasteiger charge is -2.06. The second-order valence-electron chi connectivity index (χ2n) is 4.78. The Morgan fingerprint density at radius 2 is 2.05 bits per heavy atom. The smallest absolute Gasteiger partial charge is 0.313 e. The van der Waals surface area contributed by atoms with Crippen LogP contribution in [-0.4, -0.2) is 21.8 Å². The Morgan fingerprint density at radius 3 is 2.86 bits per heavy atom. The van der Waals surface area contributed by atoms with E-state index in [0.29, 0.717) is 5.69 Å². The lowest BCUT2D eigenvalue weighted by Crippen LogP contribution is -2.34. The van der Waals surface area contributed by atoms with E-state index in [0.717, 1.165) is 16.5 Å². The van der Waals surface area contributed by atoms with Crippen molar-refractivity contribution in [2.24, 2.45) is 0 Å². The van der Waals surface area contributed by atoms with E-state index in [9.17, 15) is 9.59 Å². The molecule has 3 rings (SSSR count). The number of fused-ring (bicyclic) bond motifs is 1. The van der Waals surface area contributed by atoms with E-state index >= 15 is 0 Å². The molecule has 3 N–H and O–H groups in total. The highest BCUT2D eigenvalue weighted by Crippen LogP contribution is 2.17. The van der Waals surface area contributed by atoms with Crippen LogP contribution in [0, 0.1) is 0 Å². The molecule has 0 radical (unpaired) electrons. The molecule has 0 aliphatic heterocycles. The molecule has 110 valence electrons. The average Bonchev–Trinajstić information content (AvgIpc) is 3.01. The fourth-order valence-electron chi connectivity index (χ4n) is 2.08. The molecule has 2 heterocycles. The summed E-state index contributed by atoms with van der Waals surface area (Å²) in [5, 5.41) is 6.10. The molecule has 0 aliphatic rings. The summed E-state index contributed by atoms with van der Waals surface area (Å²) in [6.07, 6.45) is 5.10. The first-order valence-electron chi connectivity index (χ1n) is 6.77. The van der Waals surface area contributed by atoms with Crippen molar-refractivity contribution in [2.45, 2.75) is 6.54 Å². The van der Waals surface area contributed by atoms with E-state index in [-0.39, 0.29) is 6.54 Å². The first-order valence-corrected chi connectivity index (χ1v) is 6.77. The van der Waals surface area contributed by atoms with Crippen LogP contribution in [0.4, 0.5) is 5.69 Å². The van der Waals surface area contributed by atoms with Crippen LogP contribution in [0.3, 0.4) is 0 Å². The maximum absolute atomic E-state index is 11.9. The summed E-state index contributed by atoms with van der Waals surface area (Å²) in [7, 11) is 0. The molecule has 0 aliphatic carbocycles. The lowest BCUT2D eigenvalue weighted by atomic mass is 10.2. The van der Waals surface area contributed by atoms with E-state index in [1.165, 1.54) is 0 Å². The van der Waals surface area contributed by atoms with Gasteiger partial charge in [-0.1, -0.05) is 6.07 Å². The molecule has 0 fully saturated rings. The van der Waals surface area contributed by atoms with Gasteiger partial charge in [0.2, 0.25) is 0 Å². The van der Waals surface area contributed by atoms with Gasteiger partial charge in [-0.05, 0) is 35.9 Å². The molecule has 2 amide bonds. The second-order valence-corrected chi connectivity index (χ2v) is 4.78. The number of hydrogen-bond donors (Lipinski definition) is 3. The highest BCUT2D eigenvalue weighted by atomic mass is 16.2. The summed E-state index contributed by atoms with van der Waals surface area (Å²) in [6.45, 7) is 0.261. The number of pyridine rings is 1. The molecular formula is C16H14N4O2. The summed E-state index contributed by atoms with van der Waals surface area (Å²) in [5.41, 5.74) is 2.38. The zero-order valence-electron chi connectivity index (χ0n) is 11.7. The quantitative estimate of drug-likeness (QED) is 0.644. The van der Waals surface area contributed by atoms with Gasteiger partial charge >= 0.3 is 11.8 Å². The van der Waals surface area contributed by atoms with Crippen molar-refractivity contribution in [3.8, 4) is 0 Å². The van der Waals surface area contributed by atoms with Crippen LogP contribution >= 0.6 is 0 Å². The van der Waals surface area contributed by atoms with Crippen molar-refractivity contribution in [1.29, 1.82) is 0 Å². The first-order chi connectivity index (χ1) is 10.7. The van der Waals surface area contributed by atoms with Crippen molar-refractivity contribution >= 4 is 28.4 Å². The number of carbonyl (C=O) groups excluding carboxylic acids is 2. The van der Waals surface area contributed by atoms with Crippen LogP contribution in [0.1, 0.15) is 5.56 Å². The largest absolute Gasteiger partial charge is 0.361 e. The number of amides is 2. The molecule has 0 saturated heterocycles. The van der Waals surface area contributed by atoms with Gasteiger partial charge in [0, 0.05) is 41.7 Å². The fraction of sp³-hybridized carbons (Fsp3) is 0.0625. The van der Waals surface area contributed by atoms with Gasteiger partial charge in [0.05, 0.1) is 0 Å². The number of benzene rings is 1. The SMILES string of the molecule is O=C(NCc1cccnc1)C(=O)Nc1ccc2[nH]ccc2c1. The topological polar surface area (TPSA) is 86.9 Å². The lowest BCUT2D eigenvalue weighted by molar-refractivity contribution is -0.136. The minimum absolute atomic E-state index is 0.261. The number of anilines is 1. The third-order valence-electron chi connectivity index (χ3n) is 3.19. The summed E-state index contributed by atoms with van der Waals surface area (Å²) in [4.78, 5) is 30.7. The molecule has 0 spiro atoms. The standard InChI is InChI=1S/C16H14N4O2/c21-15(19-10-11-2-1-6-17-9-11)16(22)20-13-3-4-14-12(8-13)5-7-18-14/h1-9,18H,10H2,(H,19,21)(H,20,22). The summed E-state index contributed by atoms with van der Waals surface area (Å²) in [5.74, 6) is -1.38. The van der Waals surface area contributed by atoms with Crippen LogP contribution < -0.4 is 10.6 Å². The molecule has 0 unspecified atom stereocenters. The van der Waals surface area contributed by atoms with Gasteiger partial charge < -0.3 is 15.6 Å². The van der Waals surface area contributed by atoms with Crippen molar-refractivity contribution in [1.82, 2.24) is 15.3 Å². The number of rotatable bonds is 3. The number of nitrogens with one attached hydrogen (secondary N) is 3. The van der Waals surface area contributed by atoms with E-state index < -0.39 is 11.8 Å². The molecule has 3 aromatic rings. The van der Waals surface area contributed by atoms with Crippen LogP contribution in [0.2, 0.25) is 0 Å². The third kappa shape index (κ3) is 3.12. The molecular weight excluding hydrogens is 280 g/mol. The maximum Gasteiger partial charge on any atom is 0.313 e. The number of aromatic nitrogens is 2. The molecule has 22 heavy (non-hydrogen) atoms. The first kappa shape index (κ1) is 13.8. The Labute approximate surface area is 126 Å². The van der Waals surface area contributed by atoms with E-state index in [1.54, 1.807) is 30.6 Å². The minimum atomic E-state index is -0.696. The summed E-state index contributed by atoms with van der Waals surface area (Å²) >= 11 is 0. The molecule has 2 aromatic heterocycles. The Morgan fingerprint density at radius 1 is 1.14 bits per heavy atom. The molecule has 0 bridgehead atoms. The van der Waals surface area contributed by atoms with Crippen molar-refractivity contribution in [3.63, 3.8) is 0 Å². The number of nitrogens with zero attached hydrogens (tertiary/aromatic N) is 1. The normalized spacial score (nSPS) is 10.4. The van der Waals surface area contributed by atoms with Crippen molar-refractivity contribution < 1.29 is 9.59 Å². The van der Waals surface area contributed by atoms with Gasteiger partial charge in [0.25, 0.3) is 0 Å². The Bertz CT molecular complexity index is 811. The number of H-pyrrole nitrogens is 1. The van der Waals surface area contributed by atoms with Gasteiger partial charge in [-0.15, -0.1) is 0 Å². The predicted molar refractivity (Wildman–Crippen MR) is 83.0 cm³/mol. The summed E-state index contributed by atoms with van der Waals surface area (Å²) < 4.78 is 0. The van der Waals surface area contributed by atoms with Crippen LogP contribution in [-0.2, 0) is 16.1 Å². The number of carbonyl (C=O) groups is 2. The zero-order valence-corrected chi connectivity index (χ0v) is 11.7. The highest BCUT2D eigenvalue weighted by molar-refractivity contribution is 6.39. The van der Waals surface area contributed by atoms with Gasteiger partial charge in [-0.25, -0.2) is 0 Å². The van der Waals surface area contributed by atoms with Crippen LogP contribution in [0.25, 0.3) is 10.9 Å². The second kappa shape index (κ2) is 6.09. The van der Waals surface area contributed by atoms with Gasteiger partial charge in [-0.3, -0.25) is 14.6 Å². The molecule has 0 atom stereocenters. The molecule has 1 aromatic carbocycles.